The van der Waals surface area contributed by atoms with Crippen LogP contribution in [0.1, 0.15) is 18.1 Å². The first-order valence-electron chi connectivity index (χ1n) is 9.77. The van der Waals surface area contributed by atoms with Crippen molar-refractivity contribution in [2.45, 2.75) is 18.7 Å². The Balaban J connectivity index is 1.67. The average Bonchev–Trinajstić information content (AvgIpc) is 2.73. The molecule has 2 aromatic rings. The van der Waals surface area contributed by atoms with Gasteiger partial charge in [-0.15, -0.1) is 0 Å². The zero-order valence-electron chi connectivity index (χ0n) is 16.8. The molecule has 0 atom stereocenters. The van der Waals surface area contributed by atoms with Crippen molar-refractivity contribution in [1.82, 2.24) is 9.21 Å². The first-order valence-corrected chi connectivity index (χ1v) is 11.2. The molecule has 0 bridgehead atoms. The van der Waals surface area contributed by atoms with Crippen LogP contribution in [0, 0.1) is 6.92 Å². The average molecular weight is 414 g/mol. The second-order valence-corrected chi connectivity index (χ2v) is 9.04. The van der Waals surface area contributed by atoms with E-state index in [2.05, 4.69) is 17.1 Å². The third-order valence-electron chi connectivity index (χ3n) is 5.02. The fourth-order valence-corrected chi connectivity index (χ4v) is 4.67. The largest absolute Gasteiger partial charge is 0.322 e. The molecule has 1 heterocycles. The number of sulfonamides is 1. The summed E-state index contributed by atoms with van der Waals surface area (Å²) in [6.07, 6.45) is 3.17. The predicted octanol–water partition coefficient (Wildman–Crippen LogP) is 2.97. The maximum Gasteiger partial charge on any atom is 0.248 e. The van der Waals surface area contributed by atoms with E-state index < -0.39 is 10.0 Å². The van der Waals surface area contributed by atoms with Crippen LogP contribution < -0.4 is 5.32 Å². The van der Waals surface area contributed by atoms with E-state index in [9.17, 15) is 13.2 Å². The van der Waals surface area contributed by atoms with Crippen LogP contribution in [-0.2, 0) is 14.8 Å². The lowest BCUT2D eigenvalue weighted by atomic mass is 10.1. The fraction of sp³-hybridized carbons (Fsp3) is 0.318. The SMILES string of the molecule is CCN1CCN(S(=O)(=O)c2cccc(NC(=O)/C=C/c3ccc(C)cc3)c2)CC1. The van der Waals surface area contributed by atoms with E-state index in [-0.39, 0.29) is 10.8 Å². The van der Waals surface area contributed by atoms with Gasteiger partial charge < -0.3 is 10.2 Å². The van der Waals surface area contributed by atoms with E-state index >= 15 is 0 Å². The molecule has 0 radical (unpaired) electrons. The summed E-state index contributed by atoms with van der Waals surface area (Å²) in [5.41, 5.74) is 2.53. The second-order valence-electron chi connectivity index (χ2n) is 7.10. The van der Waals surface area contributed by atoms with Crippen LogP contribution in [0.15, 0.2) is 59.5 Å². The van der Waals surface area contributed by atoms with Gasteiger partial charge in [0.05, 0.1) is 4.90 Å². The molecular weight excluding hydrogens is 386 g/mol. The van der Waals surface area contributed by atoms with Crippen LogP contribution in [0.3, 0.4) is 0 Å². The number of carbonyl (C=O) groups is 1. The number of rotatable bonds is 6. The van der Waals surface area contributed by atoms with Gasteiger partial charge in [-0.2, -0.15) is 4.31 Å². The van der Waals surface area contributed by atoms with Crippen molar-refractivity contribution in [3.63, 3.8) is 0 Å². The molecule has 1 fully saturated rings. The monoisotopic (exact) mass is 413 g/mol. The third kappa shape index (κ3) is 5.53. The minimum atomic E-state index is -3.57. The van der Waals surface area contributed by atoms with Crippen molar-refractivity contribution in [3.05, 3.63) is 65.7 Å². The molecule has 6 nitrogen and oxygen atoms in total. The number of hydrogen-bond acceptors (Lipinski definition) is 4. The minimum Gasteiger partial charge on any atom is -0.322 e. The first kappa shape index (κ1) is 21.2. The second kappa shape index (κ2) is 9.35. The van der Waals surface area contributed by atoms with Crippen molar-refractivity contribution >= 4 is 27.7 Å². The lowest BCUT2D eigenvalue weighted by molar-refractivity contribution is -0.111. The number of nitrogens with one attached hydrogen (secondary N) is 1. The Hall–Kier alpha value is -2.48. The van der Waals surface area contributed by atoms with Gasteiger partial charge in [0, 0.05) is 37.9 Å². The van der Waals surface area contributed by atoms with Crippen LogP contribution in [0.2, 0.25) is 0 Å². The van der Waals surface area contributed by atoms with E-state index in [1.165, 1.54) is 16.4 Å². The maximum absolute atomic E-state index is 12.9. The molecule has 1 aliphatic rings. The van der Waals surface area contributed by atoms with E-state index in [1.54, 1.807) is 24.3 Å². The first-order chi connectivity index (χ1) is 13.9. The Labute approximate surface area is 172 Å². The summed E-state index contributed by atoms with van der Waals surface area (Å²) in [7, 11) is -3.57. The molecule has 154 valence electrons. The third-order valence-corrected chi connectivity index (χ3v) is 6.92. The van der Waals surface area contributed by atoms with Gasteiger partial charge in [0.25, 0.3) is 0 Å². The van der Waals surface area contributed by atoms with E-state index in [4.69, 9.17) is 0 Å². The highest BCUT2D eigenvalue weighted by Gasteiger charge is 2.28. The van der Waals surface area contributed by atoms with Gasteiger partial charge in [-0.05, 0) is 43.3 Å². The van der Waals surface area contributed by atoms with Crippen molar-refractivity contribution in [1.29, 1.82) is 0 Å². The Morgan fingerprint density at radius 1 is 1.07 bits per heavy atom. The predicted molar refractivity (Wildman–Crippen MR) is 116 cm³/mol. The highest BCUT2D eigenvalue weighted by molar-refractivity contribution is 7.89. The van der Waals surface area contributed by atoms with Crippen molar-refractivity contribution in [2.24, 2.45) is 0 Å². The summed E-state index contributed by atoms with van der Waals surface area (Å²) in [6, 6.07) is 14.2. The van der Waals surface area contributed by atoms with Crippen molar-refractivity contribution < 1.29 is 13.2 Å². The molecule has 0 aromatic heterocycles. The van der Waals surface area contributed by atoms with Gasteiger partial charge in [0.1, 0.15) is 0 Å². The fourth-order valence-electron chi connectivity index (χ4n) is 3.20. The molecular formula is C22H27N3O3S. The van der Waals surface area contributed by atoms with Crippen molar-refractivity contribution in [3.8, 4) is 0 Å². The van der Waals surface area contributed by atoms with E-state index in [0.29, 0.717) is 18.8 Å². The van der Waals surface area contributed by atoms with Gasteiger partial charge in [-0.25, -0.2) is 8.42 Å². The molecule has 7 heteroatoms. The van der Waals surface area contributed by atoms with E-state index in [0.717, 1.165) is 30.8 Å². The van der Waals surface area contributed by atoms with Crippen LogP contribution >= 0.6 is 0 Å². The summed E-state index contributed by atoms with van der Waals surface area (Å²) >= 11 is 0. The number of nitrogens with zero attached hydrogens (tertiary/aromatic N) is 2. The van der Waals surface area contributed by atoms with Crippen LogP contribution in [-0.4, -0.2) is 56.3 Å². The lowest BCUT2D eigenvalue weighted by Gasteiger charge is -2.33. The number of aryl methyl sites for hydroxylation is 1. The number of likely N-dealkylation sites (N-methyl/N-ethyl adjacent to an activating group) is 1. The number of anilines is 1. The summed E-state index contributed by atoms with van der Waals surface area (Å²) in [4.78, 5) is 14.6. The highest BCUT2D eigenvalue weighted by Crippen LogP contribution is 2.21. The topological polar surface area (TPSA) is 69.7 Å². The van der Waals surface area contributed by atoms with Gasteiger partial charge in [-0.1, -0.05) is 42.8 Å². The quantitative estimate of drug-likeness (QED) is 0.739. The number of amides is 1. The minimum absolute atomic E-state index is 0.197. The Kier molecular flexibility index (Phi) is 6.84. The van der Waals surface area contributed by atoms with Crippen LogP contribution in [0.5, 0.6) is 0 Å². The normalized spacial score (nSPS) is 16.2. The summed E-state index contributed by atoms with van der Waals surface area (Å²) in [6.45, 7) is 7.42. The van der Waals surface area contributed by atoms with Gasteiger partial charge in [0.15, 0.2) is 0 Å². The molecule has 0 aliphatic carbocycles. The highest BCUT2D eigenvalue weighted by atomic mass is 32.2. The summed E-state index contributed by atoms with van der Waals surface area (Å²) in [5, 5.41) is 2.74. The Morgan fingerprint density at radius 3 is 2.41 bits per heavy atom. The van der Waals surface area contributed by atoms with Crippen LogP contribution in [0.25, 0.3) is 6.08 Å². The zero-order valence-corrected chi connectivity index (χ0v) is 17.7. The van der Waals surface area contributed by atoms with Gasteiger partial charge in [-0.3, -0.25) is 4.79 Å². The Bertz CT molecular complexity index is 977. The lowest BCUT2D eigenvalue weighted by Crippen LogP contribution is -2.48. The molecule has 1 amide bonds. The smallest absolute Gasteiger partial charge is 0.248 e. The number of piperazine rings is 1. The van der Waals surface area contributed by atoms with Gasteiger partial charge in [0.2, 0.25) is 15.9 Å². The molecule has 0 unspecified atom stereocenters. The van der Waals surface area contributed by atoms with E-state index in [1.807, 2.05) is 31.2 Å². The molecule has 1 saturated heterocycles. The zero-order chi connectivity index (χ0) is 20.9. The summed E-state index contributed by atoms with van der Waals surface area (Å²) < 4.78 is 27.4. The summed E-state index contributed by atoms with van der Waals surface area (Å²) in [5.74, 6) is -0.309. The molecule has 0 spiro atoms. The number of benzene rings is 2. The number of carbonyl (C=O) groups excluding carboxylic acids is 1. The molecule has 1 N–H and O–H groups in total. The van der Waals surface area contributed by atoms with Crippen LogP contribution in [0.4, 0.5) is 5.69 Å². The Morgan fingerprint density at radius 2 is 1.76 bits per heavy atom. The molecule has 0 saturated carbocycles. The number of hydrogen-bond donors (Lipinski definition) is 1. The maximum atomic E-state index is 12.9. The standard InChI is InChI=1S/C22H27N3O3S/c1-3-24-13-15-25(16-14-24)29(27,28)21-6-4-5-20(17-21)23-22(26)12-11-19-9-7-18(2)8-10-19/h4-12,17H,3,13-16H2,1-2H3,(H,23,26)/b12-11+. The van der Waals surface area contributed by atoms with Gasteiger partial charge >= 0.3 is 0 Å². The molecule has 29 heavy (non-hydrogen) atoms. The molecule has 3 rings (SSSR count). The molecule has 1 aliphatic heterocycles. The molecule has 2 aromatic carbocycles. The van der Waals surface area contributed by atoms with Crippen molar-refractivity contribution in [2.75, 3.05) is 38.0 Å².